The molecule has 0 aromatic rings. The molecule has 0 saturated carbocycles. The summed E-state index contributed by atoms with van der Waals surface area (Å²) in [5.74, 6) is 0.0965. The van der Waals surface area contributed by atoms with Crippen LogP contribution < -0.4 is 5.32 Å². The second-order valence-corrected chi connectivity index (χ2v) is 9.67. The maximum atomic E-state index is 12.7. The SMILES string of the molecule is CCCCCCCCCCCCCCC(O)CNC(C)N1CCN=CC(C)(C)C1=O. The first-order valence-electron chi connectivity index (χ1n) is 12.6. The molecule has 0 aromatic heterocycles. The Morgan fingerprint density at radius 2 is 1.57 bits per heavy atom. The molecule has 5 nitrogen and oxygen atoms in total. The number of unbranched alkanes of at least 4 members (excludes halogenated alkanes) is 11. The van der Waals surface area contributed by atoms with Gasteiger partial charge in [0.1, 0.15) is 0 Å². The Hall–Kier alpha value is -0.940. The fourth-order valence-corrected chi connectivity index (χ4v) is 4.09. The van der Waals surface area contributed by atoms with Gasteiger partial charge in [0, 0.05) is 19.3 Å². The molecular weight excluding hydrogens is 374 g/mol. The third-order valence-corrected chi connectivity index (χ3v) is 6.20. The van der Waals surface area contributed by atoms with Crippen molar-refractivity contribution in [3.8, 4) is 0 Å². The van der Waals surface area contributed by atoms with Crippen molar-refractivity contribution in [3.63, 3.8) is 0 Å². The van der Waals surface area contributed by atoms with E-state index in [9.17, 15) is 9.90 Å². The van der Waals surface area contributed by atoms with E-state index in [0.717, 1.165) is 12.8 Å². The Kier molecular flexibility index (Phi) is 14.3. The minimum Gasteiger partial charge on any atom is -0.392 e. The van der Waals surface area contributed by atoms with Crippen molar-refractivity contribution in [1.82, 2.24) is 10.2 Å². The average Bonchev–Trinajstić information content (AvgIpc) is 2.85. The lowest BCUT2D eigenvalue weighted by atomic mass is 9.93. The fraction of sp³-hybridized carbons (Fsp3) is 0.920. The van der Waals surface area contributed by atoms with E-state index in [1.807, 2.05) is 25.7 Å². The van der Waals surface area contributed by atoms with Crippen LogP contribution in [0.15, 0.2) is 4.99 Å². The van der Waals surface area contributed by atoms with E-state index in [4.69, 9.17) is 0 Å². The van der Waals surface area contributed by atoms with Crippen LogP contribution in [0.5, 0.6) is 0 Å². The zero-order valence-electron chi connectivity index (χ0n) is 20.3. The van der Waals surface area contributed by atoms with E-state index < -0.39 is 5.41 Å². The van der Waals surface area contributed by atoms with Gasteiger partial charge in [-0.1, -0.05) is 84.0 Å². The van der Waals surface area contributed by atoms with Crippen LogP contribution in [0.4, 0.5) is 0 Å². The normalized spacial score (nSPS) is 18.4. The van der Waals surface area contributed by atoms with E-state index in [-0.39, 0.29) is 18.2 Å². The maximum Gasteiger partial charge on any atom is 0.234 e. The van der Waals surface area contributed by atoms with Gasteiger partial charge in [0.2, 0.25) is 5.91 Å². The van der Waals surface area contributed by atoms with Gasteiger partial charge in [0.15, 0.2) is 0 Å². The summed E-state index contributed by atoms with van der Waals surface area (Å²) in [5.41, 5.74) is -0.555. The Morgan fingerprint density at radius 3 is 2.13 bits per heavy atom. The zero-order valence-corrected chi connectivity index (χ0v) is 20.3. The number of amides is 1. The van der Waals surface area contributed by atoms with Gasteiger partial charge in [-0.2, -0.15) is 0 Å². The number of nitrogens with one attached hydrogen (secondary N) is 1. The van der Waals surface area contributed by atoms with Crippen molar-refractivity contribution >= 4 is 12.1 Å². The molecule has 2 unspecified atom stereocenters. The summed E-state index contributed by atoms with van der Waals surface area (Å²) >= 11 is 0. The fourth-order valence-electron chi connectivity index (χ4n) is 4.09. The molecule has 1 aliphatic rings. The highest BCUT2D eigenvalue weighted by Crippen LogP contribution is 2.20. The molecule has 0 radical (unpaired) electrons. The lowest BCUT2D eigenvalue weighted by Crippen LogP contribution is -2.52. The van der Waals surface area contributed by atoms with Gasteiger partial charge in [0.05, 0.1) is 24.2 Å². The lowest BCUT2D eigenvalue weighted by molar-refractivity contribution is -0.139. The number of nitrogens with zero attached hydrogens (tertiary/aromatic N) is 2. The maximum absolute atomic E-state index is 12.7. The highest BCUT2D eigenvalue weighted by molar-refractivity contribution is 5.98. The summed E-state index contributed by atoms with van der Waals surface area (Å²) in [6.45, 7) is 9.88. The predicted molar refractivity (Wildman–Crippen MR) is 128 cm³/mol. The smallest absolute Gasteiger partial charge is 0.234 e. The van der Waals surface area contributed by atoms with Crippen LogP contribution in [0.2, 0.25) is 0 Å². The second-order valence-electron chi connectivity index (χ2n) is 9.67. The molecule has 0 aromatic carbocycles. The highest BCUT2D eigenvalue weighted by atomic mass is 16.3. The van der Waals surface area contributed by atoms with E-state index in [0.29, 0.717) is 19.6 Å². The van der Waals surface area contributed by atoms with E-state index in [1.165, 1.54) is 70.6 Å². The van der Waals surface area contributed by atoms with Gasteiger partial charge in [0.25, 0.3) is 0 Å². The molecule has 176 valence electrons. The van der Waals surface area contributed by atoms with Crippen LogP contribution in [-0.4, -0.2) is 54.0 Å². The molecule has 5 heteroatoms. The lowest BCUT2D eigenvalue weighted by Gasteiger charge is -2.33. The summed E-state index contributed by atoms with van der Waals surface area (Å²) in [4.78, 5) is 18.9. The summed E-state index contributed by atoms with van der Waals surface area (Å²) in [6, 6.07) is 0. The second kappa shape index (κ2) is 15.8. The minimum absolute atomic E-state index is 0.0879. The quantitative estimate of drug-likeness (QED) is 0.311. The van der Waals surface area contributed by atoms with Crippen LogP contribution in [0.1, 0.15) is 111 Å². The number of carbonyl (C=O) groups excluding carboxylic acids is 1. The number of aliphatic hydroxyl groups is 1. The minimum atomic E-state index is -0.555. The highest BCUT2D eigenvalue weighted by Gasteiger charge is 2.34. The van der Waals surface area contributed by atoms with Crippen molar-refractivity contribution in [2.24, 2.45) is 10.4 Å². The summed E-state index contributed by atoms with van der Waals surface area (Å²) in [5, 5.41) is 13.6. The van der Waals surface area contributed by atoms with Gasteiger partial charge < -0.3 is 10.0 Å². The van der Waals surface area contributed by atoms with E-state index in [1.54, 1.807) is 6.21 Å². The number of aliphatic imine (C=N–C) groups is 1. The Morgan fingerprint density at radius 1 is 1.03 bits per heavy atom. The molecule has 30 heavy (non-hydrogen) atoms. The van der Waals surface area contributed by atoms with E-state index >= 15 is 0 Å². The first kappa shape index (κ1) is 27.1. The predicted octanol–water partition coefficient (Wildman–Crippen LogP) is 5.31. The van der Waals surface area contributed by atoms with Gasteiger partial charge in [-0.3, -0.25) is 15.1 Å². The molecule has 0 fully saturated rings. The van der Waals surface area contributed by atoms with Crippen molar-refractivity contribution in [2.45, 2.75) is 123 Å². The Bertz CT molecular complexity index is 479. The molecule has 1 amide bonds. The molecule has 0 spiro atoms. The molecule has 1 heterocycles. The largest absolute Gasteiger partial charge is 0.392 e. The third-order valence-electron chi connectivity index (χ3n) is 6.20. The molecular formula is C25H49N3O2. The summed E-state index contributed by atoms with van der Waals surface area (Å²) in [6.07, 6.45) is 18.2. The topological polar surface area (TPSA) is 64.9 Å². The van der Waals surface area contributed by atoms with Gasteiger partial charge >= 0.3 is 0 Å². The number of carbonyl (C=O) groups is 1. The standard InChI is InChI=1S/C25H49N3O2/c1-5-6-7-8-9-10-11-12-13-14-15-16-17-23(29)20-27-22(2)28-19-18-26-21-25(3,4)24(28)30/h21-23,27,29H,5-20H2,1-4H3. The number of aliphatic hydroxyl groups excluding tert-OH is 1. The van der Waals surface area contributed by atoms with Crippen molar-refractivity contribution in [2.75, 3.05) is 19.6 Å². The Labute approximate surface area is 186 Å². The molecule has 0 bridgehead atoms. The molecule has 2 atom stereocenters. The van der Waals surface area contributed by atoms with Gasteiger partial charge in [-0.25, -0.2) is 0 Å². The average molecular weight is 424 g/mol. The van der Waals surface area contributed by atoms with Crippen LogP contribution in [0.3, 0.4) is 0 Å². The Balaban J connectivity index is 2.03. The summed E-state index contributed by atoms with van der Waals surface area (Å²) < 4.78 is 0. The monoisotopic (exact) mass is 423 g/mol. The molecule has 2 N–H and O–H groups in total. The van der Waals surface area contributed by atoms with Crippen molar-refractivity contribution in [1.29, 1.82) is 0 Å². The van der Waals surface area contributed by atoms with Gasteiger partial charge in [-0.05, 0) is 27.2 Å². The van der Waals surface area contributed by atoms with Crippen molar-refractivity contribution in [3.05, 3.63) is 0 Å². The molecule has 0 aliphatic carbocycles. The first-order chi connectivity index (χ1) is 14.4. The molecule has 1 rings (SSSR count). The van der Waals surface area contributed by atoms with Crippen LogP contribution in [-0.2, 0) is 4.79 Å². The van der Waals surface area contributed by atoms with Crippen molar-refractivity contribution < 1.29 is 9.90 Å². The summed E-state index contributed by atoms with van der Waals surface area (Å²) in [7, 11) is 0. The van der Waals surface area contributed by atoms with Crippen LogP contribution in [0.25, 0.3) is 0 Å². The molecule has 1 aliphatic heterocycles. The van der Waals surface area contributed by atoms with Gasteiger partial charge in [-0.15, -0.1) is 0 Å². The number of rotatable bonds is 17. The first-order valence-corrected chi connectivity index (χ1v) is 12.6. The number of hydrogen-bond donors (Lipinski definition) is 2. The number of hydrogen-bond acceptors (Lipinski definition) is 4. The zero-order chi connectivity index (χ0) is 22.2. The van der Waals surface area contributed by atoms with E-state index in [2.05, 4.69) is 17.2 Å². The van der Waals surface area contributed by atoms with Crippen LogP contribution in [0, 0.1) is 5.41 Å². The molecule has 0 saturated heterocycles. The van der Waals surface area contributed by atoms with Crippen LogP contribution >= 0.6 is 0 Å². The third kappa shape index (κ3) is 11.5.